The van der Waals surface area contributed by atoms with E-state index in [0.717, 1.165) is 11.3 Å². The van der Waals surface area contributed by atoms with Crippen LogP contribution in [0.5, 0.6) is 0 Å². The van der Waals surface area contributed by atoms with Gasteiger partial charge in [-0.15, -0.1) is 0 Å². The summed E-state index contributed by atoms with van der Waals surface area (Å²) < 4.78 is 7.07. The van der Waals surface area contributed by atoms with Gasteiger partial charge in [0, 0.05) is 37.1 Å². The Morgan fingerprint density at radius 2 is 2.08 bits per heavy atom. The topological polar surface area (TPSA) is 80.3 Å². The molecule has 0 saturated heterocycles. The van der Waals surface area contributed by atoms with Gasteiger partial charge in [0.2, 0.25) is 0 Å². The van der Waals surface area contributed by atoms with E-state index in [1.807, 2.05) is 60.3 Å². The number of amides is 1. The Kier molecular flexibility index (Phi) is 4.77. The lowest BCUT2D eigenvalue weighted by Crippen LogP contribution is -2.26. The third-order valence-electron chi connectivity index (χ3n) is 3.83. The fourth-order valence-electron chi connectivity index (χ4n) is 2.50. The van der Waals surface area contributed by atoms with E-state index >= 15 is 0 Å². The molecule has 1 amide bonds. The first kappa shape index (κ1) is 16.0. The second kappa shape index (κ2) is 7.14. The molecule has 1 aromatic carbocycles. The first-order valence-corrected chi connectivity index (χ1v) is 7.75. The SMILES string of the molecule is Cn1cccc1C(O)CCNC(=O)c1cc(-c2ccccc2)on1. The fraction of sp³-hybridized carbons (Fsp3) is 0.222. The lowest BCUT2D eigenvalue weighted by Gasteiger charge is -2.12. The molecule has 0 fully saturated rings. The van der Waals surface area contributed by atoms with E-state index in [2.05, 4.69) is 10.5 Å². The Hall–Kier alpha value is -2.86. The second-order valence-corrected chi connectivity index (χ2v) is 5.55. The number of carbonyl (C=O) groups excluding carboxylic acids is 1. The van der Waals surface area contributed by atoms with Crippen molar-refractivity contribution in [3.8, 4) is 11.3 Å². The van der Waals surface area contributed by atoms with Crippen molar-refractivity contribution in [2.24, 2.45) is 7.05 Å². The molecule has 0 radical (unpaired) electrons. The third kappa shape index (κ3) is 3.55. The molecule has 3 rings (SSSR count). The van der Waals surface area contributed by atoms with E-state index in [1.165, 1.54) is 0 Å². The largest absolute Gasteiger partial charge is 0.387 e. The van der Waals surface area contributed by atoms with Crippen LogP contribution in [0.1, 0.15) is 28.7 Å². The monoisotopic (exact) mass is 325 g/mol. The highest BCUT2D eigenvalue weighted by Crippen LogP contribution is 2.20. The van der Waals surface area contributed by atoms with Gasteiger partial charge in [0.1, 0.15) is 0 Å². The van der Waals surface area contributed by atoms with Crippen LogP contribution in [0.15, 0.2) is 59.3 Å². The van der Waals surface area contributed by atoms with Gasteiger partial charge in [-0.2, -0.15) is 0 Å². The Balaban J connectivity index is 1.54. The predicted molar refractivity (Wildman–Crippen MR) is 89.3 cm³/mol. The Bertz CT molecular complexity index is 808. The molecular weight excluding hydrogens is 306 g/mol. The van der Waals surface area contributed by atoms with Gasteiger partial charge >= 0.3 is 0 Å². The molecule has 0 spiro atoms. The van der Waals surface area contributed by atoms with Crippen molar-refractivity contribution in [2.45, 2.75) is 12.5 Å². The van der Waals surface area contributed by atoms with Crippen LogP contribution in [-0.4, -0.2) is 27.3 Å². The number of aromatic nitrogens is 2. The smallest absolute Gasteiger partial charge is 0.273 e. The van der Waals surface area contributed by atoms with Gasteiger partial charge in [-0.25, -0.2) is 0 Å². The van der Waals surface area contributed by atoms with Crippen LogP contribution in [0.3, 0.4) is 0 Å². The van der Waals surface area contributed by atoms with Crippen LogP contribution in [0.25, 0.3) is 11.3 Å². The van der Waals surface area contributed by atoms with E-state index in [-0.39, 0.29) is 11.6 Å². The predicted octanol–water partition coefficient (Wildman–Crippen LogP) is 2.53. The van der Waals surface area contributed by atoms with Crippen LogP contribution in [0.2, 0.25) is 0 Å². The molecule has 124 valence electrons. The van der Waals surface area contributed by atoms with E-state index in [0.29, 0.717) is 18.7 Å². The molecule has 0 saturated carbocycles. The number of aryl methyl sites for hydroxylation is 1. The zero-order valence-corrected chi connectivity index (χ0v) is 13.3. The van der Waals surface area contributed by atoms with Crippen LogP contribution < -0.4 is 5.32 Å². The number of carbonyl (C=O) groups is 1. The number of hydrogen-bond donors (Lipinski definition) is 2. The molecule has 3 aromatic rings. The van der Waals surface area contributed by atoms with Crippen molar-refractivity contribution < 1.29 is 14.4 Å². The molecule has 6 heteroatoms. The minimum atomic E-state index is -0.623. The van der Waals surface area contributed by atoms with E-state index in [4.69, 9.17) is 4.52 Å². The molecule has 2 heterocycles. The van der Waals surface area contributed by atoms with Crippen molar-refractivity contribution >= 4 is 5.91 Å². The van der Waals surface area contributed by atoms with E-state index in [1.54, 1.807) is 6.07 Å². The van der Waals surface area contributed by atoms with Crippen molar-refractivity contribution in [1.82, 2.24) is 15.0 Å². The number of rotatable bonds is 6. The Morgan fingerprint density at radius 3 is 2.79 bits per heavy atom. The molecule has 2 N–H and O–H groups in total. The molecule has 0 bridgehead atoms. The maximum atomic E-state index is 12.1. The second-order valence-electron chi connectivity index (χ2n) is 5.55. The summed E-state index contributed by atoms with van der Waals surface area (Å²) in [7, 11) is 1.87. The minimum Gasteiger partial charge on any atom is -0.387 e. The summed E-state index contributed by atoms with van der Waals surface area (Å²) in [4.78, 5) is 12.1. The van der Waals surface area contributed by atoms with Crippen LogP contribution in [0, 0.1) is 0 Å². The van der Waals surface area contributed by atoms with Crippen LogP contribution in [-0.2, 0) is 7.05 Å². The molecule has 6 nitrogen and oxygen atoms in total. The highest BCUT2D eigenvalue weighted by molar-refractivity contribution is 5.93. The summed E-state index contributed by atoms with van der Waals surface area (Å²) in [5.74, 6) is 0.226. The first-order valence-electron chi connectivity index (χ1n) is 7.75. The summed E-state index contributed by atoms with van der Waals surface area (Å²) in [6.07, 6.45) is 1.67. The molecule has 24 heavy (non-hydrogen) atoms. The molecule has 2 aromatic heterocycles. The number of nitrogens with zero attached hydrogens (tertiary/aromatic N) is 2. The molecule has 0 aliphatic carbocycles. The fourth-order valence-corrected chi connectivity index (χ4v) is 2.50. The molecular formula is C18H19N3O3. The number of nitrogens with one attached hydrogen (secondary N) is 1. The van der Waals surface area contributed by atoms with Crippen molar-refractivity contribution in [3.63, 3.8) is 0 Å². The van der Waals surface area contributed by atoms with Crippen molar-refractivity contribution in [1.29, 1.82) is 0 Å². The molecule has 0 aliphatic heterocycles. The number of hydrogen-bond acceptors (Lipinski definition) is 4. The van der Waals surface area contributed by atoms with Gasteiger partial charge in [-0.05, 0) is 18.6 Å². The number of aliphatic hydroxyl groups is 1. The highest BCUT2D eigenvalue weighted by Gasteiger charge is 2.15. The minimum absolute atomic E-state index is 0.224. The van der Waals surface area contributed by atoms with Gasteiger partial charge in [-0.1, -0.05) is 35.5 Å². The summed E-state index contributed by atoms with van der Waals surface area (Å²) in [6.45, 7) is 0.346. The number of benzene rings is 1. The van der Waals surface area contributed by atoms with Crippen LogP contribution >= 0.6 is 0 Å². The lowest BCUT2D eigenvalue weighted by molar-refractivity contribution is 0.0932. The summed E-state index contributed by atoms with van der Waals surface area (Å²) in [5, 5.41) is 16.7. The summed E-state index contributed by atoms with van der Waals surface area (Å²) in [6, 6.07) is 14.8. The van der Waals surface area contributed by atoms with Gasteiger partial charge in [-0.3, -0.25) is 4.79 Å². The van der Waals surface area contributed by atoms with E-state index < -0.39 is 6.10 Å². The quantitative estimate of drug-likeness (QED) is 0.730. The van der Waals surface area contributed by atoms with Gasteiger partial charge < -0.3 is 19.5 Å². The average Bonchev–Trinajstić information content (AvgIpc) is 3.24. The normalized spacial score (nSPS) is 12.1. The zero-order valence-electron chi connectivity index (χ0n) is 13.3. The van der Waals surface area contributed by atoms with Crippen molar-refractivity contribution in [3.05, 3.63) is 66.1 Å². The van der Waals surface area contributed by atoms with E-state index in [9.17, 15) is 9.90 Å². The Morgan fingerprint density at radius 1 is 1.29 bits per heavy atom. The zero-order chi connectivity index (χ0) is 16.9. The highest BCUT2D eigenvalue weighted by atomic mass is 16.5. The van der Waals surface area contributed by atoms with Crippen molar-refractivity contribution in [2.75, 3.05) is 6.54 Å². The maximum Gasteiger partial charge on any atom is 0.273 e. The van der Waals surface area contributed by atoms with Gasteiger partial charge in [0.25, 0.3) is 5.91 Å². The number of aliphatic hydroxyl groups excluding tert-OH is 1. The standard InChI is InChI=1S/C18H19N3O3/c1-21-11-5-8-15(21)16(22)9-10-19-18(23)14-12-17(24-20-14)13-6-3-2-4-7-13/h2-8,11-12,16,22H,9-10H2,1H3,(H,19,23). The summed E-state index contributed by atoms with van der Waals surface area (Å²) in [5.41, 5.74) is 1.91. The Labute approximate surface area is 139 Å². The first-order chi connectivity index (χ1) is 11.6. The van der Waals surface area contributed by atoms with Gasteiger partial charge in [0.05, 0.1) is 6.10 Å². The lowest BCUT2D eigenvalue weighted by atomic mass is 10.1. The molecule has 0 aliphatic rings. The van der Waals surface area contributed by atoms with Crippen LogP contribution in [0.4, 0.5) is 0 Å². The maximum absolute atomic E-state index is 12.1. The third-order valence-corrected chi connectivity index (χ3v) is 3.83. The van der Waals surface area contributed by atoms with Gasteiger partial charge in [0.15, 0.2) is 11.5 Å². The summed E-state index contributed by atoms with van der Waals surface area (Å²) >= 11 is 0. The molecule has 1 unspecified atom stereocenters. The molecule has 1 atom stereocenters. The average molecular weight is 325 g/mol.